The molecule has 0 bridgehead atoms. The molecule has 4 aromatic carbocycles. The molecular weight excluding hydrogens is 380 g/mol. The Bertz CT molecular complexity index is 1170. The van der Waals surface area contributed by atoms with Crippen molar-refractivity contribution in [3.8, 4) is 0 Å². The lowest BCUT2D eigenvalue weighted by Gasteiger charge is -2.18. The third-order valence-electron chi connectivity index (χ3n) is 4.88. The highest BCUT2D eigenvalue weighted by atomic mass is 16.6. The molecule has 4 rings (SSSR count). The van der Waals surface area contributed by atoms with E-state index in [1.54, 1.807) is 13.8 Å². The lowest BCUT2D eigenvalue weighted by atomic mass is 9.95. The van der Waals surface area contributed by atoms with Gasteiger partial charge in [-0.25, -0.2) is 9.59 Å². The SMILES string of the molecule is CCOC(=O)Nc1c2ccccc2cc2cc3ccccc3c(NC(=O)OCC)c12. The average Bonchev–Trinajstić information content (AvgIpc) is 2.73. The maximum atomic E-state index is 12.4. The summed E-state index contributed by atoms with van der Waals surface area (Å²) >= 11 is 0. The Labute approximate surface area is 173 Å². The number of benzene rings is 4. The Hall–Kier alpha value is -3.80. The first-order valence-electron chi connectivity index (χ1n) is 9.87. The largest absolute Gasteiger partial charge is 0.450 e. The number of carbonyl (C=O) groups is 2. The van der Waals surface area contributed by atoms with E-state index < -0.39 is 12.2 Å². The van der Waals surface area contributed by atoms with Crippen LogP contribution in [0.5, 0.6) is 0 Å². The van der Waals surface area contributed by atoms with Gasteiger partial charge in [-0.15, -0.1) is 0 Å². The molecule has 0 atom stereocenters. The van der Waals surface area contributed by atoms with Crippen molar-refractivity contribution < 1.29 is 19.1 Å². The quantitative estimate of drug-likeness (QED) is 0.394. The number of nitrogens with one attached hydrogen (secondary N) is 2. The number of fused-ring (bicyclic) bond motifs is 3. The first kappa shape index (κ1) is 19.5. The molecule has 2 amide bonds. The van der Waals surface area contributed by atoms with Crippen molar-refractivity contribution in [2.24, 2.45) is 0 Å². The van der Waals surface area contributed by atoms with E-state index in [9.17, 15) is 9.59 Å². The molecule has 0 saturated carbocycles. The van der Waals surface area contributed by atoms with Crippen molar-refractivity contribution in [3.63, 3.8) is 0 Å². The summed E-state index contributed by atoms with van der Waals surface area (Å²) in [7, 11) is 0. The van der Waals surface area contributed by atoms with Crippen LogP contribution in [0.25, 0.3) is 32.3 Å². The number of rotatable bonds is 4. The standard InChI is InChI=1S/C24H22N2O4/c1-3-29-23(27)25-21-18-11-7-5-9-15(18)13-17-14-16-10-6-8-12-19(16)22(20(17)21)26-24(28)30-4-2/h5-14H,3-4H2,1-2H3,(H,25,27)(H,26,28). The molecule has 0 saturated heterocycles. The first-order chi connectivity index (χ1) is 14.6. The second kappa shape index (κ2) is 8.29. The summed E-state index contributed by atoms with van der Waals surface area (Å²) in [5, 5.41) is 11.0. The Morgan fingerprint density at radius 3 is 1.57 bits per heavy atom. The van der Waals surface area contributed by atoms with Crippen LogP contribution >= 0.6 is 0 Å². The summed E-state index contributed by atoms with van der Waals surface area (Å²) in [5.41, 5.74) is 1.17. The van der Waals surface area contributed by atoms with Crippen LogP contribution in [0.1, 0.15) is 13.8 Å². The molecule has 0 unspecified atom stereocenters. The van der Waals surface area contributed by atoms with Crippen LogP contribution in [0, 0.1) is 0 Å². The molecule has 152 valence electrons. The molecule has 0 aliphatic carbocycles. The maximum Gasteiger partial charge on any atom is 0.411 e. The summed E-state index contributed by atoms with van der Waals surface area (Å²) in [4.78, 5) is 24.7. The third kappa shape index (κ3) is 3.59. The topological polar surface area (TPSA) is 76.7 Å². The van der Waals surface area contributed by atoms with Gasteiger partial charge in [-0.05, 0) is 42.1 Å². The van der Waals surface area contributed by atoms with E-state index in [0.29, 0.717) is 16.8 Å². The fourth-order valence-corrected chi connectivity index (χ4v) is 3.70. The Kier molecular flexibility index (Phi) is 5.39. The fraction of sp³-hybridized carbons (Fsp3) is 0.167. The van der Waals surface area contributed by atoms with Gasteiger partial charge in [0.1, 0.15) is 0 Å². The summed E-state index contributed by atoms with van der Waals surface area (Å²) in [5.74, 6) is 0. The molecule has 0 aliphatic heterocycles. The van der Waals surface area contributed by atoms with Crippen LogP contribution < -0.4 is 10.6 Å². The van der Waals surface area contributed by atoms with Crippen molar-refractivity contribution >= 4 is 55.9 Å². The Balaban J connectivity index is 2.08. The van der Waals surface area contributed by atoms with Gasteiger partial charge in [0.25, 0.3) is 0 Å². The maximum absolute atomic E-state index is 12.4. The molecule has 6 nitrogen and oxygen atoms in total. The van der Waals surface area contributed by atoms with Gasteiger partial charge in [-0.2, -0.15) is 0 Å². The minimum atomic E-state index is -0.551. The molecular formula is C24H22N2O4. The monoisotopic (exact) mass is 402 g/mol. The highest BCUT2D eigenvalue weighted by Crippen LogP contribution is 2.41. The van der Waals surface area contributed by atoms with E-state index in [0.717, 1.165) is 26.9 Å². The number of anilines is 2. The third-order valence-corrected chi connectivity index (χ3v) is 4.88. The van der Waals surface area contributed by atoms with Gasteiger partial charge in [0, 0.05) is 16.2 Å². The van der Waals surface area contributed by atoms with Crippen LogP contribution in [0.4, 0.5) is 21.0 Å². The van der Waals surface area contributed by atoms with Crippen molar-refractivity contribution in [2.45, 2.75) is 13.8 Å². The molecule has 0 aromatic heterocycles. The normalized spacial score (nSPS) is 10.9. The van der Waals surface area contributed by atoms with Crippen molar-refractivity contribution in [2.75, 3.05) is 23.8 Å². The molecule has 6 heteroatoms. The summed E-state index contributed by atoms with van der Waals surface area (Å²) in [6.45, 7) is 4.01. The van der Waals surface area contributed by atoms with E-state index >= 15 is 0 Å². The van der Waals surface area contributed by atoms with E-state index in [1.165, 1.54) is 0 Å². The predicted molar refractivity (Wildman–Crippen MR) is 120 cm³/mol. The second-order valence-corrected chi connectivity index (χ2v) is 6.73. The van der Waals surface area contributed by atoms with Gasteiger partial charge in [0.2, 0.25) is 0 Å². The second-order valence-electron chi connectivity index (χ2n) is 6.73. The first-order valence-corrected chi connectivity index (χ1v) is 9.87. The molecule has 0 spiro atoms. The number of hydrogen-bond donors (Lipinski definition) is 2. The van der Waals surface area contributed by atoms with Crippen LogP contribution in [-0.4, -0.2) is 25.4 Å². The number of hydrogen-bond acceptors (Lipinski definition) is 4. The van der Waals surface area contributed by atoms with Crippen LogP contribution in [0.15, 0.2) is 60.7 Å². The van der Waals surface area contributed by atoms with Crippen molar-refractivity contribution in [1.29, 1.82) is 0 Å². The highest BCUT2D eigenvalue weighted by molar-refractivity contribution is 6.25. The van der Waals surface area contributed by atoms with Gasteiger partial charge >= 0.3 is 12.2 Å². The van der Waals surface area contributed by atoms with Gasteiger partial charge in [-0.3, -0.25) is 10.6 Å². The lowest BCUT2D eigenvalue weighted by molar-refractivity contribution is 0.167. The summed E-state index contributed by atoms with van der Waals surface area (Å²) in [6.07, 6.45) is -1.10. The van der Waals surface area contributed by atoms with Crippen molar-refractivity contribution in [1.82, 2.24) is 0 Å². The minimum Gasteiger partial charge on any atom is -0.450 e. The molecule has 2 N–H and O–H groups in total. The summed E-state index contributed by atoms with van der Waals surface area (Å²) < 4.78 is 10.3. The van der Waals surface area contributed by atoms with E-state index in [2.05, 4.69) is 10.6 Å². The molecule has 30 heavy (non-hydrogen) atoms. The van der Waals surface area contributed by atoms with E-state index in [1.807, 2.05) is 60.7 Å². The van der Waals surface area contributed by atoms with E-state index in [4.69, 9.17) is 9.47 Å². The van der Waals surface area contributed by atoms with Gasteiger partial charge < -0.3 is 9.47 Å². The van der Waals surface area contributed by atoms with Crippen LogP contribution in [0.3, 0.4) is 0 Å². The van der Waals surface area contributed by atoms with Crippen molar-refractivity contribution in [3.05, 3.63) is 60.7 Å². The van der Waals surface area contributed by atoms with Gasteiger partial charge in [0.15, 0.2) is 0 Å². The van der Waals surface area contributed by atoms with Gasteiger partial charge in [0.05, 0.1) is 24.6 Å². The minimum absolute atomic E-state index is 0.255. The zero-order valence-electron chi connectivity index (χ0n) is 16.8. The lowest BCUT2D eigenvalue weighted by Crippen LogP contribution is -2.16. The average molecular weight is 402 g/mol. The number of amides is 2. The molecule has 0 radical (unpaired) electrons. The zero-order chi connectivity index (χ0) is 21.1. The number of ether oxygens (including phenoxy) is 2. The number of carbonyl (C=O) groups excluding carboxylic acids is 2. The smallest absolute Gasteiger partial charge is 0.411 e. The summed E-state index contributed by atoms with van der Waals surface area (Å²) in [6, 6.07) is 19.6. The molecule has 4 aromatic rings. The van der Waals surface area contributed by atoms with E-state index in [-0.39, 0.29) is 13.2 Å². The predicted octanol–water partition coefficient (Wildman–Crippen LogP) is 6.28. The molecule has 0 heterocycles. The molecule has 0 fully saturated rings. The molecule has 0 aliphatic rings. The van der Waals surface area contributed by atoms with Gasteiger partial charge in [-0.1, -0.05) is 48.5 Å². The Morgan fingerprint density at radius 2 is 1.13 bits per heavy atom. The van der Waals surface area contributed by atoms with Crippen LogP contribution in [-0.2, 0) is 9.47 Å². The fourth-order valence-electron chi connectivity index (χ4n) is 3.70. The Morgan fingerprint density at radius 1 is 0.700 bits per heavy atom. The highest BCUT2D eigenvalue weighted by Gasteiger charge is 2.18. The van der Waals surface area contributed by atoms with Crippen LogP contribution in [0.2, 0.25) is 0 Å². The zero-order valence-corrected chi connectivity index (χ0v) is 16.8.